The Balaban J connectivity index is 1.95. The molecule has 0 fully saturated rings. The summed E-state index contributed by atoms with van der Waals surface area (Å²) in [7, 11) is 2.14. The molecule has 92 valence electrons. The van der Waals surface area contributed by atoms with Gasteiger partial charge in [0.15, 0.2) is 0 Å². The van der Waals surface area contributed by atoms with E-state index in [-0.39, 0.29) is 6.10 Å². The first-order chi connectivity index (χ1) is 8.83. The normalized spacial score (nSPS) is 19.7. The minimum absolute atomic E-state index is 0.111. The third-order valence-corrected chi connectivity index (χ3v) is 3.33. The molecule has 2 nitrogen and oxygen atoms in total. The molecule has 0 saturated heterocycles. The van der Waals surface area contributed by atoms with E-state index in [1.807, 2.05) is 12.1 Å². The average molecular weight is 239 g/mol. The smallest absolute Gasteiger partial charge is 0.136 e. The summed E-state index contributed by atoms with van der Waals surface area (Å²) in [6.45, 7) is 1.86. The van der Waals surface area contributed by atoms with Gasteiger partial charge in [-0.2, -0.15) is 0 Å². The molecule has 0 spiro atoms. The third kappa shape index (κ3) is 2.24. The lowest BCUT2D eigenvalue weighted by atomic mass is 10.1. The van der Waals surface area contributed by atoms with Gasteiger partial charge in [0, 0.05) is 18.7 Å². The van der Waals surface area contributed by atoms with Crippen LogP contribution in [0.4, 0.5) is 0 Å². The predicted molar refractivity (Wildman–Crippen MR) is 72.6 cm³/mol. The van der Waals surface area contributed by atoms with Crippen LogP contribution in [0.3, 0.4) is 0 Å². The SMILES string of the molecule is CN1Cc2ccccc2OC(c2ccccc2)C1. The van der Waals surface area contributed by atoms with Crippen molar-refractivity contribution in [2.45, 2.75) is 12.6 Å². The van der Waals surface area contributed by atoms with E-state index in [1.165, 1.54) is 11.1 Å². The van der Waals surface area contributed by atoms with Crippen LogP contribution in [0.1, 0.15) is 17.2 Å². The van der Waals surface area contributed by atoms with Crippen LogP contribution < -0.4 is 4.74 Å². The van der Waals surface area contributed by atoms with Gasteiger partial charge < -0.3 is 4.74 Å². The molecule has 0 N–H and O–H groups in total. The zero-order valence-electron chi connectivity index (χ0n) is 10.5. The van der Waals surface area contributed by atoms with Crippen molar-refractivity contribution < 1.29 is 4.74 Å². The Bertz CT molecular complexity index is 524. The monoisotopic (exact) mass is 239 g/mol. The summed E-state index contributed by atoms with van der Waals surface area (Å²) in [5, 5.41) is 0. The molecular weight excluding hydrogens is 222 g/mol. The quantitative estimate of drug-likeness (QED) is 0.757. The van der Waals surface area contributed by atoms with Gasteiger partial charge >= 0.3 is 0 Å². The topological polar surface area (TPSA) is 12.5 Å². The summed E-state index contributed by atoms with van der Waals surface area (Å²) >= 11 is 0. The first kappa shape index (κ1) is 11.3. The van der Waals surface area contributed by atoms with Gasteiger partial charge in [-0.1, -0.05) is 48.5 Å². The second-order valence-corrected chi connectivity index (χ2v) is 4.82. The third-order valence-electron chi connectivity index (χ3n) is 3.33. The average Bonchev–Trinajstić information content (AvgIpc) is 2.57. The van der Waals surface area contributed by atoms with Gasteiger partial charge in [-0.25, -0.2) is 0 Å². The minimum atomic E-state index is 0.111. The van der Waals surface area contributed by atoms with Crippen LogP contribution in [0.5, 0.6) is 5.75 Å². The van der Waals surface area contributed by atoms with Crippen LogP contribution >= 0.6 is 0 Å². The largest absolute Gasteiger partial charge is 0.484 e. The predicted octanol–water partition coefficient (Wildman–Crippen LogP) is 3.25. The molecule has 1 atom stereocenters. The van der Waals surface area contributed by atoms with E-state index in [1.54, 1.807) is 0 Å². The molecule has 2 heteroatoms. The van der Waals surface area contributed by atoms with Gasteiger partial charge in [0.2, 0.25) is 0 Å². The maximum absolute atomic E-state index is 6.17. The lowest BCUT2D eigenvalue weighted by Gasteiger charge is -2.20. The molecule has 0 radical (unpaired) electrons. The van der Waals surface area contributed by atoms with E-state index in [0.29, 0.717) is 0 Å². The van der Waals surface area contributed by atoms with E-state index < -0.39 is 0 Å². The molecular formula is C16H17NO. The van der Waals surface area contributed by atoms with Crippen LogP contribution in [0, 0.1) is 0 Å². The molecule has 1 aliphatic heterocycles. The number of benzene rings is 2. The van der Waals surface area contributed by atoms with Gasteiger partial charge in [0.05, 0.1) is 0 Å². The van der Waals surface area contributed by atoms with Gasteiger partial charge in [-0.15, -0.1) is 0 Å². The van der Waals surface area contributed by atoms with Gasteiger partial charge in [-0.3, -0.25) is 4.90 Å². The highest BCUT2D eigenvalue weighted by Crippen LogP contribution is 2.30. The lowest BCUT2D eigenvalue weighted by molar-refractivity contribution is 0.165. The van der Waals surface area contributed by atoms with Crippen molar-refractivity contribution in [3.8, 4) is 5.75 Å². The minimum Gasteiger partial charge on any atom is -0.484 e. The van der Waals surface area contributed by atoms with Crippen molar-refractivity contribution in [1.29, 1.82) is 0 Å². The van der Waals surface area contributed by atoms with Crippen molar-refractivity contribution in [3.05, 3.63) is 65.7 Å². The fourth-order valence-corrected chi connectivity index (χ4v) is 2.42. The number of nitrogens with zero attached hydrogens (tertiary/aromatic N) is 1. The number of para-hydroxylation sites is 1. The maximum Gasteiger partial charge on any atom is 0.136 e. The van der Waals surface area contributed by atoms with Crippen molar-refractivity contribution in [2.24, 2.45) is 0 Å². The van der Waals surface area contributed by atoms with E-state index >= 15 is 0 Å². The van der Waals surface area contributed by atoms with E-state index in [2.05, 4.69) is 54.4 Å². The highest BCUT2D eigenvalue weighted by atomic mass is 16.5. The van der Waals surface area contributed by atoms with Gasteiger partial charge in [0.25, 0.3) is 0 Å². The molecule has 2 aromatic rings. The Morgan fingerprint density at radius 2 is 1.72 bits per heavy atom. The van der Waals surface area contributed by atoms with Gasteiger partial charge in [-0.05, 0) is 18.7 Å². The highest BCUT2D eigenvalue weighted by molar-refractivity contribution is 5.35. The summed E-state index contributed by atoms with van der Waals surface area (Å²) in [5.74, 6) is 1.01. The van der Waals surface area contributed by atoms with Crippen molar-refractivity contribution in [3.63, 3.8) is 0 Å². The Hall–Kier alpha value is -1.80. The first-order valence-electron chi connectivity index (χ1n) is 6.31. The number of fused-ring (bicyclic) bond motifs is 1. The molecule has 18 heavy (non-hydrogen) atoms. The summed E-state index contributed by atoms with van der Waals surface area (Å²) in [6, 6.07) is 18.7. The number of likely N-dealkylation sites (N-methyl/N-ethyl adjacent to an activating group) is 1. The van der Waals surface area contributed by atoms with E-state index in [0.717, 1.165) is 18.8 Å². The van der Waals surface area contributed by atoms with Crippen LogP contribution in [0.25, 0.3) is 0 Å². The number of rotatable bonds is 1. The standard InChI is InChI=1S/C16H17NO/c1-17-11-14-9-5-6-10-15(14)18-16(12-17)13-7-3-2-4-8-13/h2-10,16H,11-12H2,1H3. The summed E-state index contributed by atoms with van der Waals surface area (Å²) in [5.41, 5.74) is 2.50. The van der Waals surface area contributed by atoms with Crippen LogP contribution in [-0.2, 0) is 6.54 Å². The second-order valence-electron chi connectivity index (χ2n) is 4.82. The van der Waals surface area contributed by atoms with Crippen molar-refractivity contribution >= 4 is 0 Å². The fraction of sp³-hybridized carbons (Fsp3) is 0.250. The van der Waals surface area contributed by atoms with Gasteiger partial charge in [0.1, 0.15) is 11.9 Å². The fourth-order valence-electron chi connectivity index (χ4n) is 2.42. The lowest BCUT2D eigenvalue weighted by Crippen LogP contribution is -2.24. The van der Waals surface area contributed by atoms with Crippen LogP contribution in [0.2, 0.25) is 0 Å². The molecule has 1 unspecified atom stereocenters. The van der Waals surface area contributed by atoms with Crippen LogP contribution in [-0.4, -0.2) is 18.5 Å². The Kier molecular flexibility index (Phi) is 3.03. The van der Waals surface area contributed by atoms with Crippen LogP contribution in [0.15, 0.2) is 54.6 Å². The molecule has 0 aromatic heterocycles. The summed E-state index contributed by atoms with van der Waals surface area (Å²) in [4.78, 5) is 2.31. The maximum atomic E-state index is 6.17. The Morgan fingerprint density at radius 1 is 1.00 bits per heavy atom. The number of hydrogen-bond donors (Lipinski definition) is 0. The zero-order chi connectivity index (χ0) is 12.4. The number of hydrogen-bond acceptors (Lipinski definition) is 2. The summed E-state index contributed by atoms with van der Waals surface area (Å²) in [6.07, 6.45) is 0.111. The molecule has 0 amide bonds. The van der Waals surface area contributed by atoms with Crippen molar-refractivity contribution in [2.75, 3.05) is 13.6 Å². The Labute approximate surface area is 108 Å². The molecule has 1 heterocycles. The molecule has 0 bridgehead atoms. The molecule has 0 saturated carbocycles. The second kappa shape index (κ2) is 4.83. The zero-order valence-corrected chi connectivity index (χ0v) is 10.5. The highest BCUT2D eigenvalue weighted by Gasteiger charge is 2.21. The number of ether oxygens (including phenoxy) is 1. The molecule has 0 aliphatic carbocycles. The van der Waals surface area contributed by atoms with E-state index in [9.17, 15) is 0 Å². The molecule has 3 rings (SSSR count). The first-order valence-corrected chi connectivity index (χ1v) is 6.31. The Morgan fingerprint density at radius 3 is 2.56 bits per heavy atom. The molecule has 2 aromatic carbocycles. The molecule has 1 aliphatic rings. The summed E-state index contributed by atoms with van der Waals surface area (Å²) < 4.78 is 6.17. The van der Waals surface area contributed by atoms with Crippen molar-refractivity contribution in [1.82, 2.24) is 4.90 Å². The van der Waals surface area contributed by atoms with E-state index in [4.69, 9.17) is 4.74 Å².